The third-order valence-corrected chi connectivity index (χ3v) is 2.57. The van der Waals surface area contributed by atoms with Gasteiger partial charge in [-0.25, -0.2) is 4.98 Å². The maximum atomic E-state index is 5.81. The first-order valence-corrected chi connectivity index (χ1v) is 5.72. The Hall–Kier alpha value is -2.07. The first-order valence-electron chi connectivity index (χ1n) is 5.72. The lowest BCUT2D eigenvalue weighted by Crippen LogP contribution is -2.05. The molecular weight excluding hydrogens is 228 g/mol. The molecule has 1 heterocycles. The number of hydrogen-bond donors (Lipinski definition) is 1. The Morgan fingerprint density at radius 1 is 1.11 bits per heavy atom. The molecule has 0 aliphatic carbocycles. The van der Waals surface area contributed by atoms with Crippen molar-refractivity contribution in [1.82, 2.24) is 4.98 Å². The summed E-state index contributed by atoms with van der Waals surface area (Å²) in [6.07, 6.45) is 1.69. The SMILES string of the molecule is COc1ccc(Oc2cc([C@H](C)N)ccn2)cc1. The molecule has 0 spiro atoms. The molecular formula is C14H16N2O2. The Balaban J connectivity index is 2.15. The largest absolute Gasteiger partial charge is 0.497 e. The van der Waals surface area contributed by atoms with E-state index in [4.69, 9.17) is 15.2 Å². The minimum atomic E-state index is -0.0359. The Morgan fingerprint density at radius 2 is 1.78 bits per heavy atom. The van der Waals surface area contributed by atoms with Crippen LogP contribution in [0.4, 0.5) is 0 Å². The summed E-state index contributed by atoms with van der Waals surface area (Å²) in [5, 5.41) is 0. The second-order valence-corrected chi connectivity index (χ2v) is 3.99. The molecule has 0 radical (unpaired) electrons. The third-order valence-electron chi connectivity index (χ3n) is 2.57. The van der Waals surface area contributed by atoms with Crippen molar-refractivity contribution in [3.63, 3.8) is 0 Å². The van der Waals surface area contributed by atoms with Gasteiger partial charge in [-0.3, -0.25) is 0 Å². The molecule has 1 aromatic heterocycles. The number of methoxy groups -OCH3 is 1. The molecule has 0 bridgehead atoms. The highest BCUT2D eigenvalue weighted by atomic mass is 16.5. The number of nitrogens with two attached hydrogens (primary N) is 1. The Kier molecular flexibility index (Phi) is 3.79. The number of nitrogens with zero attached hydrogens (tertiary/aromatic N) is 1. The monoisotopic (exact) mass is 244 g/mol. The van der Waals surface area contributed by atoms with Crippen LogP contribution in [0.25, 0.3) is 0 Å². The molecule has 0 unspecified atom stereocenters. The van der Waals surface area contributed by atoms with E-state index in [9.17, 15) is 0 Å². The van der Waals surface area contributed by atoms with Crippen LogP contribution < -0.4 is 15.2 Å². The normalized spacial score (nSPS) is 11.9. The average Bonchev–Trinajstić information content (AvgIpc) is 2.40. The molecule has 94 valence electrons. The fourth-order valence-electron chi connectivity index (χ4n) is 1.53. The predicted molar refractivity (Wildman–Crippen MR) is 69.9 cm³/mol. The zero-order valence-corrected chi connectivity index (χ0v) is 10.5. The van der Waals surface area contributed by atoms with E-state index >= 15 is 0 Å². The van der Waals surface area contributed by atoms with Gasteiger partial charge >= 0.3 is 0 Å². The first-order chi connectivity index (χ1) is 8.69. The van der Waals surface area contributed by atoms with Crippen LogP contribution in [-0.4, -0.2) is 12.1 Å². The minimum absolute atomic E-state index is 0.0359. The van der Waals surface area contributed by atoms with E-state index in [0.29, 0.717) is 11.6 Å². The van der Waals surface area contributed by atoms with Crippen LogP contribution in [0, 0.1) is 0 Å². The van der Waals surface area contributed by atoms with Gasteiger partial charge in [-0.2, -0.15) is 0 Å². The van der Waals surface area contributed by atoms with Crippen molar-refractivity contribution in [1.29, 1.82) is 0 Å². The summed E-state index contributed by atoms with van der Waals surface area (Å²) in [4.78, 5) is 4.15. The summed E-state index contributed by atoms with van der Waals surface area (Å²) in [6, 6.07) is 11.0. The van der Waals surface area contributed by atoms with Gasteiger partial charge in [-0.15, -0.1) is 0 Å². The Bertz CT molecular complexity index is 509. The second kappa shape index (κ2) is 5.51. The van der Waals surface area contributed by atoms with Gasteiger partial charge < -0.3 is 15.2 Å². The summed E-state index contributed by atoms with van der Waals surface area (Å²) in [5.41, 5.74) is 6.81. The van der Waals surface area contributed by atoms with Crippen LogP contribution in [0.5, 0.6) is 17.4 Å². The molecule has 4 nitrogen and oxygen atoms in total. The van der Waals surface area contributed by atoms with Gasteiger partial charge in [-0.1, -0.05) is 0 Å². The number of aromatic nitrogens is 1. The summed E-state index contributed by atoms with van der Waals surface area (Å²) in [6.45, 7) is 1.92. The average molecular weight is 244 g/mol. The third kappa shape index (κ3) is 2.99. The van der Waals surface area contributed by atoms with Gasteiger partial charge in [0.15, 0.2) is 0 Å². The molecule has 0 saturated heterocycles. The predicted octanol–water partition coefficient (Wildman–Crippen LogP) is 2.90. The Morgan fingerprint density at radius 3 is 2.39 bits per heavy atom. The minimum Gasteiger partial charge on any atom is -0.497 e. The van der Waals surface area contributed by atoms with Gasteiger partial charge in [-0.05, 0) is 42.8 Å². The van der Waals surface area contributed by atoms with E-state index in [2.05, 4.69) is 4.98 Å². The van der Waals surface area contributed by atoms with E-state index in [1.165, 1.54) is 0 Å². The van der Waals surface area contributed by atoms with Crippen LogP contribution >= 0.6 is 0 Å². The lowest BCUT2D eigenvalue weighted by Gasteiger charge is -2.09. The molecule has 2 rings (SSSR count). The molecule has 1 atom stereocenters. The second-order valence-electron chi connectivity index (χ2n) is 3.99. The van der Waals surface area contributed by atoms with Crippen molar-refractivity contribution in [3.8, 4) is 17.4 Å². The van der Waals surface area contributed by atoms with E-state index in [-0.39, 0.29) is 6.04 Å². The van der Waals surface area contributed by atoms with Gasteiger partial charge in [0.1, 0.15) is 11.5 Å². The summed E-state index contributed by atoms with van der Waals surface area (Å²) >= 11 is 0. The molecule has 1 aromatic carbocycles. The maximum Gasteiger partial charge on any atom is 0.219 e. The summed E-state index contributed by atoms with van der Waals surface area (Å²) in [5.74, 6) is 2.04. The van der Waals surface area contributed by atoms with E-state index < -0.39 is 0 Å². The summed E-state index contributed by atoms with van der Waals surface area (Å²) < 4.78 is 10.7. The molecule has 2 N–H and O–H groups in total. The molecule has 0 saturated carbocycles. The smallest absolute Gasteiger partial charge is 0.219 e. The van der Waals surface area contributed by atoms with Crippen LogP contribution in [0.3, 0.4) is 0 Å². The number of hydrogen-bond acceptors (Lipinski definition) is 4. The zero-order valence-electron chi connectivity index (χ0n) is 10.5. The number of benzene rings is 1. The fourth-order valence-corrected chi connectivity index (χ4v) is 1.53. The molecule has 4 heteroatoms. The van der Waals surface area contributed by atoms with Crippen LogP contribution in [0.1, 0.15) is 18.5 Å². The fraction of sp³-hybridized carbons (Fsp3) is 0.214. The van der Waals surface area contributed by atoms with Gasteiger partial charge in [0.2, 0.25) is 5.88 Å². The zero-order chi connectivity index (χ0) is 13.0. The van der Waals surface area contributed by atoms with Crippen molar-refractivity contribution < 1.29 is 9.47 Å². The maximum absolute atomic E-state index is 5.81. The van der Waals surface area contributed by atoms with E-state index in [0.717, 1.165) is 11.3 Å². The van der Waals surface area contributed by atoms with Crippen molar-refractivity contribution in [2.45, 2.75) is 13.0 Å². The topological polar surface area (TPSA) is 57.4 Å². The molecule has 0 aliphatic rings. The Labute approximate surface area is 106 Å². The molecule has 2 aromatic rings. The van der Waals surface area contributed by atoms with Crippen molar-refractivity contribution in [2.24, 2.45) is 5.73 Å². The van der Waals surface area contributed by atoms with Crippen LogP contribution in [0.15, 0.2) is 42.6 Å². The quantitative estimate of drug-likeness (QED) is 0.898. The van der Waals surface area contributed by atoms with Crippen molar-refractivity contribution in [3.05, 3.63) is 48.2 Å². The lowest BCUT2D eigenvalue weighted by molar-refractivity contribution is 0.412. The highest BCUT2D eigenvalue weighted by Gasteiger charge is 2.03. The standard InChI is InChI=1S/C14H16N2O2/c1-10(15)11-7-8-16-14(9-11)18-13-5-3-12(17-2)4-6-13/h3-10H,15H2,1-2H3/t10-/m0/s1. The number of pyridine rings is 1. The molecule has 0 amide bonds. The highest BCUT2D eigenvalue weighted by Crippen LogP contribution is 2.23. The van der Waals surface area contributed by atoms with Crippen molar-refractivity contribution in [2.75, 3.05) is 7.11 Å². The van der Waals surface area contributed by atoms with Crippen LogP contribution in [0.2, 0.25) is 0 Å². The van der Waals surface area contributed by atoms with Gasteiger partial charge in [0.25, 0.3) is 0 Å². The molecule has 18 heavy (non-hydrogen) atoms. The van der Waals surface area contributed by atoms with Crippen LogP contribution in [-0.2, 0) is 0 Å². The first kappa shape index (κ1) is 12.4. The number of ether oxygens (including phenoxy) is 2. The van der Waals surface area contributed by atoms with E-state index in [1.807, 2.05) is 43.3 Å². The van der Waals surface area contributed by atoms with Gasteiger partial charge in [0, 0.05) is 18.3 Å². The van der Waals surface area contributed by atoms with Gasteiger partial charge in [0.05, 0.1) is 7.11 Å². The number of rotatable bonds is 4. The molecule has 0 fully saturated rings. The summed E-state index contributed by atoms with van der Waals surface area (Å²) in [7, 11) is 1.63. The molecule has 0 aliphatic heterocycles. The lowest BCUT2D eigenvalue weighted by atomic mass is 10.1. The van der Waals surface area contributed by atoms with Crippen molar-refractivity contribution >= 4 is 0 Å². The highest BCUT2D eigenvalue weighted by molar-refractivity contribution is 5.34. The van der Waals surface area contributed by atoms with E-state index in [1.54, 1.807) is 13.3 Å².